The van der Waals surface area contributed by atoms with Crippen molar-refractivity contribution in [3.63, 3.8) is 0 Å². The quantitative estimate of drug-likeness (QED) is 0.110. The van der Waals surface area contributed by atoms with E-state index in [0.717, 1.165) is 25.9 Å². The van der Waals surface area contributed by atoms with Crippen molar-refractivity contribution in [2.75, 3.05) is 26.2 Å². The molecule has 242 valence electrons. The third kappa shape index (κ3) is 6.46. The van der Waals surface area contributed by atoms with Gasteiger partial charge in [-0.3, -0.25) is 4.79 Å². The van der Waals surface area contributed by atoms with E-state index in [1.165, 1.54) is 0 Å². The number of aliphatic hydroxyl groups excluding tert-OH is 4. The van der Waals surface area contributed by atoms with Crippen LogP contribution in [0.3, 0.4) is 0 Å². The Morgan fingerprint density at radius 3 is 2.26 bits per heavy atom. The summed E-state index contributed by atoms with van der Waals surface area (Å²) in [5.41, 5.74) is 22.3. The predicted molar refractivity (Wildman–Crippen MR) is 144 cm³/mol. The van der Waals surface area contributed by atoms with Crippen LogP contribution in [0.5, 0.6) is 0 Å². The number of hydrogen-bond acceptors (Lipinski definition) is 16. The molecule has 0 aromatic carbocycles. The zero-order valence-corrected chi connectivity index (χ0v) is 23.4. The van der Waals surface area contributed by atoms with Crippen LogP contribution >= 0.6 is 0 Å². The lowest BCUT2D eigenvalue weighted by Gasteiger charge is -2.49. The van der Waals surface area contributed by atoms with Crippen LogP contribution in [0, 0.1) is 0 Å². The lowest BCUT2D eigenvalue weighted by atomic mass is 9.83. The van der Waals surface area contributed by atoms with Gasteiger partial charge in [-0.15, -0.1) is 0 Å². The Morgan fingerprint density at radius 1 is 0.976 bits per heavy atom. The van der Waals surface area contributed by atoms with Gasteiger partial charge in [-0.05, 0) is 19.3 Å². The fourth-order valence-corrected chi connectivity index (χ4v) is 6.13. The average Bonchev–Trinajstić information content (AvgIpc) is 3.57. The van der Waals surface area contributed by atoms with Crippen molar-refractivity contribution >= 4 is 5.91 Å². The second-order valence-corrected chi connectivity index (χ2v) is 12.3. The lowest BCUT2D eigenvalue weighted by molar-refractivity contribution is -0.314. The number of nitrogens with two attached hydrogens (primary N) is 4. The highest BCUT2D eigenvalue weighted by Crippen LogP contribution is 2.36. The Hall–Kier alpha value is -1.13. The number of rotatable bonds is 10. The Kier molecular flexibility index (Phi) is 10.0. The minimum absolute atomic E-state index is 0.0437. The van der Waals surface area contributed by atoms with Crippen molar-refractivity contribution in [2.45, 2.75) is 123 Å². The summed E-state index contributed by atoms with van der Waals surface area (Å²) in [6.07, 6.45) is -8.87. The average molecular weight is 606 g/mol. The minimum atomic E-state index is -1.76. The van der Waals surface area contributed by atoms with Crippen molar-refractivity contribution < 1.29 is 49.3 Å². The molecule has 15 atom stereocenters. The first-order chi connectivity index (χ1) is 20.0. The molecule has 1 amide bonds. The van der Waals surface area contributed by atoms with E-state index in [2.05, 4.69) is 16.0 Å². The maximum Gasteiger partial charge on any atom is 0.253 e. The van der Waals surface area contributed by atoms with Gasteiger partial charge in [-0.25, -0.2) is 0 Å². The van der Waals surface area contributed by atoms with Crippen molar-refractivity contribution in [3.8, 4) is 0 Å². The summed E-state index contributed by atoms with van der Waals surface area (Å²) in [6.45, 7) is 1.29. The first-order valence-corrected chi connectivity index (χ1v) is 14.7. The van der Waals surface area contributed by atoms with Gasteiger partial charge >= 0.3 is 0 Å². The number of nitrogens with one attached hydrogen (secondary N) is 3. The van der Waals surface area contributed by atoms with Gasteiger partial charge in [0.1, 0.15) is 36.6 Å². The van der Waals surface area contributed by atoms with Gasteiger partial charge < -0.3 is 83.4 Å². The molecular weight excluding hydrogens is 558 g/mol. The number of ether oxygens (including phenoxy) is 4. The zero-order chi connectivity index (χ0) is 30.3. The lowest BCUT2D eigenvalue weighted by Crippen LogP contribution is -2.69. The molecule has 42 heavy (non-hydrogen) atoms. The summed E-state index contributed by atoms with van der Waals surface area (Å²) in [5.74, 6) is -0.752. The molecule has 5 rings (SSSR count). The summed E-state index contributed by atoms with van der Waals surface area (Å²) in [4.78, 5) is 12.9. The molecule has 0 aromatic rings. The van der Waals surface area contributed by atoms with Gasteiger partial charge in [0.2, 0.25) is 0 Å². The van der Waals surface area contributed by atoms with E-state index >= 15 is 0 Å². The van der Waals surface area contributed by atoms with Gasteiger partial charge in [0.15, 0.2) is 18.2 Å². The van der Waals surface area contributed by atoms with E-state index < -0.39 is 91.5 Å². The van der Waals surface area contributed by atoms with Crippen LogP contribution in [0.1, 0.15) is 25.7 Å². The largest absolute Gasteiger partial charge is 0.394 e. The molecular formula is C25H47N7O10. The molecule has 3 saturated heterocycles. The van der Waals surface area contributed by atoms with E-state index in [-0.39, 0.29) is 37.6 Å². The highest BCUT2D eigenvalue weighted by Gasteiger charge is 2.59. The highest BCUT2D eigenvalue weighted by atomic mass is 16.7. The first-order valence-electron chi connectivity index (χ1n) is 14.7. The molecule has 17 heteroatoms. The monoisotopic (exact) mass is 605 g/mol. The van der Waals surface area contributed by atoms with Crippen LogP contribution < -0.4 is 38.9 Å². The van der Waals surface area contributed by atoms with E-state index in [1.807, 2.05) is 0 Å². The number of amides is 1. The van der Waals surface area contributed by atoms with Crippen molar-refractivity contribution in [3.05, 3.63) is 0 Å². The summed E-state index contributed by atoms with van der Waals surface area (Å²) in [5, 5.41) is 62.1. The number of hydrogen-bond donors (Lipinski definition) is 12. The molecule has 16 N–H and O–H groups in total. The Bertz CT molecular complexity index is 936. The van der Waals surface area contributed by atoms with Gasteiger partial charge in [0, 0.05) is 44.2 Å². The van der Waals surface area contributed by atoms with Crippen LogP contribution in [0.4, 0.5) is 0 Å². The molecule has 3 heterocycles. The van der Waals surface area contributed by atoms with Crippen LogP contribution in [0.15, 0.2) is 0 Å². The maximum absolute atomic E-state index is 12.9. The van der Waals surface area contributed by atoms with E-state index in [0.29, 0.717) is 0 Å². The highest BCUT2D eigenvalue weighted by molar-refractivity contribution is 5.89. The number of carbonyl (C=O) groups is 1. The maximum atomic E-state index is 12.9. The second-order valence-electron chi connectivity index (χ2n) is 12.3. The van der Waals surface area contributed by atoms with Gasteiger partial charge in [-0.1, -0.05) is 0 Å². The second kappa shape index (κ2) is 13.1. The van der Waals surface area contributed by atoms with E-state index in [9.17, 15) is 30.3 Å². The Labute approximate surface area is 243 Å². The fraction of sp³-hybridized carbons (Fsp3) is 0.960. The number of carbonyl (C=O) groups excluding carboxylic acids is 1. The molecule has 17 nitrogen and oxygen atoms in total. The number of aliphatic hydroxyl groups is 5. The Balaban J connectivity index is 1.35. The van der Waals surface area contributed by atoms with Crippen molar-refractivity contribution in [2.24, 2.45) is 22.9 Å². The summed E-state index contributed by atoms with van der Waals surface area (Å²) in [7, 11) is 0. The molecule has 0 radical (unpaired) electrons. The molecule has 0 spiro atoms. The summed E-state index contributed by atoms with van der Waals surface area (Å²) >= 11 is 0. The van der Waals surface area contributed by atoms with Crippen molar-refractivity contribution in [1.82, 2.24) is 16.0 Å². The minimum Gasteiger partial charge on any atom is -0.394 e. The smallest absolute Gasteiger partial charge is 0.253 e. The summed E-state index contributed by atoms with van der Waals surface area (Å²) < 4.78 is 24.1. The molecule has 5 fully saturated rings. The fourth-order valence-electron chi connectivity index (χ4n) is 6.13. The van der Waals surface area contributed by atoms with Crippen molar-refractivity contribution in [1.29, 1.82) is 0 Å². The third-order valence-electron chi connectivity index (χ3n) is 9.18. The predicted octanol–water partition coefficient (Wildman–Crippen LogP) is -7.04. The van der Waals surface area contributed by atoms with E-state index in [1.54, 1.807) is 0 Å². The van der Waals surface area contributed by atoms with Crippen LogP contribution in [0.25, 0.3) is 0 Å². The first kappa shape index (κ1) is 32.3. The summed E-state index contributed by atoms with van der Waals surface area (Å²) in [6, 6.07) is -3.71. The molecule has 3 aliphatic heterocycles. The molecule has 5 aliphatic rings. The topological polar surface area (TPSA) is 295 Å². The molecule has 0 aromatic heterocycles. The zero-order valence-electron chi connectivity index (χ0n) is 23.4. The third-order valence-corrected chi connectivity index (χ3v) is 9.18. The van der Waals surface area contributed by atoms with Crippen LogP contribution in [-0.2, 0) is 23.7 Å². The molecule has 2 saturated carbocycles. The van der Waals surface area contributed by atoms with Crippen LogP contribution in [0.2, 0.25) is 0 Å². The standard InChI is InChI=1S/C25H47N7O10/c26-5-10-1-2-12(31-9-6-30-7-9)22(39-10)41-20-11(27)3-13(32-24(37)25(38)4-15(25)28)21(19(20)36)42-23-18(35)16(29)17(34)14(8-33)40-23/h9-23,30-31,33-36,38H,1-8,26-29H2,(H,32,37)/t10-,11-,12+,13+,14+,15?,16-,17+,18+,19-,20?,21-,22+,23+,25?/m0/s1. The van der Waals surface area contributed by atoms with Gasteiger partial charge in [-0.2, -0.15) is 0 Å². The Morgan fingerprint density at radius 2 is 1.67 bits per heavy atom. The van der Waals surface area contributed by atoms with Gasteiger partial charge in [0.05, 0.1) is 30.8 Å². The van der Waals surface area contributed by atoms with Crippen LogP contribution in [-0.4, -0.2) is 155 Å². The SMILES string of the molecule is NC[C@@H]1CC[C@@H](NC2CNC2)[C@@H](OC2[C@@H](N)C[C@@H](NC(=O)C3(O)CC3N)[C@H](O[C@H]3O[C@H](CO)[C@@H](O)[C@H](N)[C@H]3O)[C@H]2O)O1. The molecule has 3 unspecified atom stereocenters. The normalized spacial score (nSPS) is 49.7. The van der Waals surface area contributed by atoms with Gasteiger partial charge in [0.25, 0.3) is 5.91 Å². The van der Waals surface area contributed by atoms with E-state index in [4.69, 9.17) is 41.9 Å². The molecule has 2 aliphatic carbocycles. The molecule has 0 bridgehead atoms.